The molecule has 2 fully saturated rings. The van der Waals surface area contributed by atoms with E-state index in [1.807, 2.05) is 0 Å². The van der Waals surface area contributed by atoms with E-state index in [2.05, 4.69) is 31.0 Å². The highest BCUT2D eigenvalue weighted by atomic mass is 16.5. The molecule has 2 aliphatic rings. The van der Waals surface area contributed by atoms with Gasteiger partial charge in [0.25, 0.3) is 0 Å². The Morgan fingerprint density at radius 3 is 2.65 bits per heavy atom. The van der Waals surface area contributed by atoms with Crippen LogP contribution in [0.3, 0.4) is 0 Å². The summed E-state index contributed by atoms with van der Waals surface area (Å²) in [6.07, 6.45) is 6.39. The minimum atomic E-state index is -0.693. The Morgan fingerprint density at radius 2 is 2.00 bits per heavy atom. The van der Waals surface area contributed by atoms with Gasteiger partial charge in [0.05, 0.1) is 12.1 Å². The van der Waals surface area contributed by atoms with E-state index >= 15 is 0 Å². The van der Waals surface area contributed by atoms with Gasteiger partial charge in [-0.1, -0.05) is 20.3 Å². The number of piperidine rings is 1. The van der Waals surface area contributed by atoms with Gasteiger partial charge in [0, 0.05) is 45.7 Å². The van der Waals surface area contributed by atoms with Crippen molar-refractivity contribution in [3.63, 3.8) is 0 Å². The summed E-state index contributed by atoms with van der Waals surface area (Å²) in [5.41, 5.74) is -0.305. The normalized spacial score (nSPS) is 28.7. The van der Waals surface area contributed by atoms with Crippen molar-refractivity contribution in [2.45, 2.75) is 64.9 Å². The van der Waals surface area contributed by atoms with Crippen molar-refractivity contribution in [3.05, 3.63) is 0 Å². The zero-order valence-corrected chi connectivity index (χ0v) is 15.2. The fourth-order valence-corrected chi connectivity index (χ4v) is 3.86. The van der Waals surface area contributed by atoms with Crippen LogP contribution in [-0.2, 0) is 4.74 Å². The summed E-state index contributed by atoms with van der Waals surface area (Å²) in [6.45, 7) is 11.5. The molecule has 2 aliphatic heterocycles. The van der Waals surface area contributed by atoms with E-state index in [0.29, 0.717) is 38.0 Å². The molecule has 0 amide bonds. The third-order valence-corrected chi connectivity index (χ3v) is 5.22. The summed E-state index contributed by atoms with van der Waals surface area (Å²) < 4.78 is 5.36. The summed E-state index contributed by atoms with van der Waals surface area (Å²) in [4.78, 5) is 7.18. The number of nitrogens with zero attached hydrogens (tertiary/aromatic N) is 2. The minimum absolute atomic E-state index is 0.388. The molecule has 0 spiro atoms. The molecule has 5 nitrogen and oxygen atoms in total. The Bertz CT molecular complexity index is 390. The van der Waals surface area contributed by atoms with Gasteiger partial charge in [0.1, 0.15) is 0 Å². The Hall–Kier alpha value is -0.810. The lowest BCUT2D eigenvalue weighted by atomic mass is 9.78. The van der Waals surface area contributed by atoms with E-state index in [-0.39, 0.29) is 0 Å². The van der Waals surface area contributed by atoms with Crippen molar-refractivity contribution < 1.29 is 9.84 Å². The average molecular weight is 325 g/mol. The van der Waals surface area contributed by atoms with Crippen LogP contribution >= 0.6 is 0 Å². The smallest absolute Gasteiger partial charge is 0.194 e. The molecule has 0 aromatic rings. The molecule has 5 heteroatoms. The Kier molecular flexibility index (Phi) is 6.72. The number of aliphatic hydroxyl groups is 1. The van der Waals surface area contributed by atoms with Crippen molar-refractivity contribution >= 4 is 5.96 Å². The van der Waals surface area contributed by atoms with Gasteiger partial charge in [0.15, 0.2) is 5.96 Å². The van der Waals surface area contributed by atoms with Crippen molar-refractivity contribution in [2.24, 2.45) is 10.4 Å². The molecular weight excluding hydrogens is 290 g/mol. The number of aliphatic imine (C=N–C) groups is 1. The number of likely N-dealkylation sites (tertiary alicyclic amines) is 1. The van der Waals surface area contributed by atoms with Crippen LogP contribution in [-0.4, -0.2) is 61.0 Å². The Morgan fingerprint density at radius 1 is 1.26 bits per heavy atom. The zero-order valence-electron chi connectivity index (χ0n) is 15.2. The fraction of sp³-hybridized carbons (Fsp3) is 0.944. The Labute approximate surface area is 141 Å². The highest BCUT2D eigenvalue weighted by Crippen LogP contribution is 2.34. The average Bonchev–Trinajstić information content (AvgIpc) is 2.52. The molecule has 1 unspecified atom stereocenters. The first-order valence-corrected chi connectivity index (χ1v) is 9.34. The molecule has 0 aliphatic carbocycles. The summed E-state index contributed by atoms with van der Waals surface area (Å²) in [7, 11) is 0. The lowest BCUT2D eigenvalue weighted by molar-refractivity contribution is -0.0567. The number of nitrogens with one attached hydrogen (secondary N) is 1. The van der Waals surface area contributed by atoms with Crippen LogP contribution in [0.5, 0.6) is 0 Å². The van der Waals surface area contributed by atoms with Crippen LogP contribution in [0.1, 0.15) is 59.3 Å². The van der Waals surface area contributed by atoms with E-state index < -0.39 is 5.60 Å². The van der Waals surface area contributed by atoms with Crippen LogP contribution in [0.2, 0.25) is 0 Å². The molecule has 2 saturated heterocycles. The molecule has 0 aromatic carbocycles. The molecule has 0 radical (unpaired) electrons. The highest BCUT2D eigenvalue weighted by molar-refractivity contribution is 5.80. The third kappa shape index (κ3) is 5.35. The first kappa shape index (κ1) is 18.5. The van der Waals surface area contributed by atoms with Gasteiger partial charge in [-0.05, 0) is 31.6 Å². The topological polar surface area (TPSA) is 57.1 Å². The summed E-state index contributed by atoms with van der Waals surface area (Å²) >= 11 is 0. The molecule has 0 saturated carbocycles. The van der Waals surface area contributed by atoms with Crippen LogP contribution in [0, 0.1) is 5.41 Å². The fourth-order valence-electron chi connectivity index (χ4n) is 3.86. The molecular formula is C18H35N3O2. The van der Waals surface area contributed by atoms with Gasteiger partial charge in [0.2, 0.25) is 0 Å². The second kappa shape index (κ2) is 8.34. The van der Waals surface area contributed by atoms with Crippen LogP contribution < -0.4 is 5.32 Å². The summed E-state index contributed by atoms with van der Waals surface area (Å²) in [5.74, 6) is 0.967. The molecule has 23 heavy (non-hydrogen) atoms. The maximum Gasteiger partial charge on any atom is 0.194 e. The number of ether oxygens (including phenoxy) is 1. The van der Waals surface area contributed by atoms with Gasteiger partial charge in [-0.15, -0.1) is 0 Å². The molecule has 2 heterocycles. The van der Waals surface area contributed by atoms with Gasteiger partial charge in [-0.3, -0.25) is 4.99 Å². The SMILES string of the molecule is CCCC1(C)CCCN(C(=NCC2(O)CCOCC2)NCC)C1. The summed E-state index contributed by atoms with van der Waals surface area (Å²) in [6, 6.07) is 0. The monoisotopic (exact) mass is 325 g/mol. The molecule has 0 aromatic heterocycles. The minimum Gasteiger partial charge on any atom is -0.388 e. The highest BCUT2D eigenvalue weighted by Gasteiger charge is 2.33. The van der Waals surface area contributed by atoms with Crippen molar-refractivity contribution in [2.75, 3.05) is 39.4 Å². The van der Waals surface area contributed by atoms with Crippen molar-refractivity contribution in [1.29, 1.82) is 0 Å². The number of guanidine groups is 1. The second-order valence-electron chi connectivity index (χ2n) is 7.59. The molecule has 0 bridgehead atoms. The van der Waals surface area contributed by atoms with E-state index in [1.54, 1.807) is 0 Å². The van der Waals surface area contributed by atoms with Crippen LogP contribution in [0.25, 0.3) is 0 Å². The summed E-state index contributed by atoms with van der Waals surface area (Å²) in [5, 5.41) is 14.1. The lowest BCUT2D eigenvalue weighted by Crippen LogP contribution is -2.50. The number of rotatable bonds is 5. The standard InChI is InChI=1S/C18H35N3O2/c1-4-7-17(3)8-6-11-21(15-17)16(19-5-2)20-14-18(22)9-12-23-13-10-18/h22H,4-15H2,1-3H3,(H,19,20). The largest absolute Gasteiger partial charge is 0.388 e. The van der Waals surface area contributed by atoms with E-state index in [4.69, 9.17) is 9.73 Å². The van der Waals surface area contributed by atoms with E-state index in [9.17, 15) is 5.11 Å². The first-order valence-electron chi connectivity index (χ1n) is 9.34. The molecule has 134 valence electrons. The number of hydrogen-bond acceptors (Lipinski definition) is 3. The van der Waals surface area contributed by atoms with E-state index in [1.165, 1.54) is 25.7 Å². The third-order valence-electron chi connectivity index (χ3n) is 5.22. The zero-order chi connectivity index (χ0) is 16.8. The van der Waals surface area contributed by atoms with Gasteiger partial charge in [-0.25, -0.2) is 0 Å². The lowest BCUT2D eigenvalue weighted by Gasteiger charge is -2.42. The van der Waals surface area contributed by atoms with Crippen LogP contribution in [0.15, 0.2) is 4.99 Å². The predicted molar refractivity (Wildman–Crippen MR) is 94.8 cm³/mol. The maximum absolute atomic E-state index is 10.6. The first-order chi connectivity index (χ1) is 11.0. The van der Waals surface area contributed by atoms with Gasteiger partial charge >= 0.3 is 0 Å². The maximum atomic E-state index is 10.6. The predicted octanol–water partition coefficient (Wildman–Crippen LogP) is 2.40. The van der Waals surface area contributed by atoms with Gasteiger partial charge < -0.3 is 20.1 Å². The van der Waals surface area contributed by atoms with E-state index in [0.717, 1.165) is 25.6 Å². The quantitative estimate of drug-likeness (QED) is 0.602. The Balaban J connectivity index is 2.02. The molecule has 2 rings (SSSR count). The number of hydrogen-bond donors (Lipinski definition) is 2. The van der Waals surface area contributed by atoms with Crippen LogP contribution in [0.4, 0.5) is 0 Å². The van der Waals surface area contributed by atoms with Crippen molar-refractivity contribution in [3.8, 4) is 0 Å². The molecule has 2 N–H and O–H groups in total. The van der Waals surface area contributed by atoms with Crippen molar-refractivity contribution in [1.82, 2.24) is 10.2 Å². The second-order valence-corrected chi connectivity index (χ2v) is 7.59. The van der Waals surface area contributed by atoms with Gasteiger partial charge in [-0.2, -0.15) is 0 Å². The molecule has 1 atom stereocenters.